The van der Waals surface area contributed by atoms with E-state index in [0.717, 1.165) is 30.0 Å². The number of ether oxygens (including phenoxy) is 2. The standard InChI is InChI=1S/C14H19NO3/c1-14(2)11(6-12(14)16)15-7-9-4-3-5-10-13(9)18-8-17-10/h3-5,11-12,15-16H,6-8H2,1-2H3. The van der Waals surface area contributed by atoms with Gasteiger partial charge in [0.25, 0.3) is 0 Å². The number of nitrogens with one attached hydrogen (secondary N) is 1. The van der Waals surface area contributed by atoms with E-state index in [0.29, 0.717) is 12.8 Å². The number of aliphatic hydroxyl groups excluding tert-OH is 1. The number of aliphatic hydroxyl groups is 1. The van der Waals surface area contributed by atoms with Crippen molar-refractivity contribution < 1.29 is 14.6 Å². The molecule has 3 rings (SSSR count). The van der Waals surface area contributed by atoms with Gasteiger partial charge < -0.3 is 19.9 Å². The lowest BCUT2D eigenvalue weighted by atomic mass is 9.64. The summed E-state index contributed by atoms with van der Waals surface area (Å²) in [6.07, 6.45) is 0.621. The van der Waals surface area contributed by atoms with Gasteiger partial charge in [0.05, 0.1) is 6.10 Å². The minimum Gasteiger partial charge on any atom is -0.454 e. The molecule has 1 aliphatic carbocycles. The Morgan fingerprint density at radius 1 is 1.39 bits per heavy atom. The van der Waals surface area contributed by atoms with E-state index in [1.807, 2.05) is 18.2 Å². The predicted octanol–water partition coefficient (Wildman–Crippen LogP) is 1.66. The minimum atomic E-state index is -0.198. The minimum absolute atomic E-state index is 0.0463. The molecule has 0 saturated heterocycles. The molecule has 0 radical (unpaired) electrons. The topological polar surface area (TPSA) is 50.7 Å². The van der Waals surface area contributed by atoms with E-state index in [1.165, 1.54) is 0 Å². The molecule has 0 amide bonds. The van der Waals surface area contributed by atoms with Crippen molar-refractivity contribution in [3.8, 4) is 11.5 Å². The summed E-state index contributed by atoms with van der Waals surface area (Å²) in [7, 11) is 0. The fraction of sp³-hybridized carbons (Fsp3) is 0.571. The molecule has 2 aliphatic rings. The van der Waals surface area contributed by atoms with Crippen LogP contribution in [-0.4, -0.2) is 24.0 Å². The second kappa shape index (κ2) is 4.14. The highest BCUT2D eigenvalue weighted by molar-refractivity contribution is 5.48. The smallest absolute Gasteiger partial charge is 0.231 e. The molecule has 1 aromatic rings. The van der Waals surface area contributed by atoms with Crippen LogP contribution in [0.4, 0.5) is 0 Å². The van der Waals surface area contributed by atoms with Gasteiger partial charge in [-0.3, -0.25) is 0 Å². The third-order valence-electron chi connectivity index (χ3n) is 4.23. The Labute approximate surface area is 107 Å². The first-order valence-electron chi connectivity index (χ1n) is 6.38. The van der Waals surface area contributed by atoms with Crippen molar-refractivity contribution >= 4 is 0 Å². The van der Waals surface area contributed by atoms with Crippen LogP contribution in [0, 0.1) is 5.41 Å². The fourth-order valence-corrected chi connectivity index (χ4v) is 2.61. The third kappa shape index (κ3) is 1.76. The summed E-state index contributed by atoms with van der Waals surface area (Å²) in [5.41, 5.74) is 1.07. The van der Waals surface area contributed by atoms with E-state index in [4.69, 9.17) is 9.47 Å². The Balaban J connectivity index is 1.67. The zero-order valence-corrected chi connectivity index (χ0v) is 10.8. The Morgan fingerprint density at radius 2 is 2.22 bits per heavy atom. The molecule has 2 atom stereocenters. The van der Waals surface area contributed by atoms with Crippen molar-refractivity contribution in [1.29, 1.82) is 0 Å². The molecule has 1 aromatic carbocycles. The highest BCUT2D eigenvalue weighted by Crippen LogP contribution is 2.41. The van der Waals surface area contributed by atoms with Crippen molar-refractivity contribution in [3.05, 3.63) is 23.8 Å². The Hall–Kier alpha value is -1.26. The maximum absolute atomic E-state index is 9.71. The lowest BCUT2D eigenvalue weighted by Gasteiger charge is -2.49. The zero-order chi connectivity index (χ0) is 12.8. The van der Waals surface area contributed by atoms with E-state index in [9.17, 15) is 5.11 Å². The van der Waals surface area contributed by atoms with E-state index in [1.54, 1.807) is 0 Å². The van der Waals surface area contributed by atoms with Crippen LogP contribution in [0.25, 0.3) is 0 Å². The lowest BCUT2D eigenvalue weighted by Crippen LogP contribution is -2.59. The van der Waals surface area contributed by atoms with Crippen molar-refractivity contribution in [1.82, 2.24) is 5.32 Å². The van der Waals surface area contributed by atoms with Gasteiger partial charge >= 0.3 is 0 Å². The summed E-state index contributed by atoms with van der Waals surface area (Å²) < 4.78 is 10.8. The van der Waals surface area contributed by atoms with Crippen LogP contribution in [0.2, 0.25) is 0 Å². The number of hydrogen-bond donors (Lipinski definition) is 2. The van der Waals surface area contributed by atoms with Gasteiger partial charge in [-0.05, 0) is 12.5 Å². The molecular weight excluding hydrogens is 230 g/mol. The maximum Gasteiger partial charge on any atom is 0.231 e. The Bertz CT molecular complexity index is 458. The molecular formula is C14H19NO3. The van der Waals surface area contributed by atoms with Crippen molar-refractivity contribution in [2.24, 2.45) is 5.41 Å². The number of rotatable bonds is 3. The van der Waals surface area contributed by atoms with Gasteiger partial charge in [-0.15, -0.1) is 0 Å². The van der Waals surface area contributed by atoms with Gasteiger partial charge in [0.1, 0.15) is 0 Å². The molecule has 1 aliphatic heterocycles. The molecule has 2 N–H and O–H groups in total. The average molecular weight is 249 g/mol. The average Bonchev–Trinajstić information content (AvgIpc) is 2.83. The zero-order valence-electron chi connectivity index (χ0n) is 10.8. The van der Waals surface area contributed by atoms with Crippen LogP contribution < -0.4 is 14.8 Å². The lowest BCUT2D eigenvalue weighted by molar-refractivity contribution is -0.0730. The number of para-hydroxylation sites is 1. The number of benzene rings is 1. The molecule has 4 heteroatoms. The highest BCUT2D eigenvalue weighted by Gasteiger charge is 2.46. The SMILES string of the molecule is CC1(C)C(O)CC1NCc1cccc2c1OCO2. The van der Waals surface area contributed by atoms with E-state index in [-0.39, 0.29) is 11.5 Å². The summed E-state index contributed by atoms with van der Waals surface area (Å²) in [6.45, 7) is 5.23. The van der Waals surface area contributed by atoms with Crippen molar-refractivity contribution in [2.45, 2.75) is 39.0 Å². The predicted molar refractivity (Wildman–Crippen MR) is 67.6 cm³/mol. The van der Waals surface area contributed by atoms with E-state index in [2.05, 4.69) is 19.2 Å². The number of fused-ring (bicyclic) bond motifs is 1. The molecule has 1 fully saturated rings. The summed E-state index contributed by atoms with van der Waals surface area (Å²) in [4.78, 5) is 0. The second-order valence-corrected chi connectivity index (χ2v) is 5.66. The van der Waals surface area contributed by atoms with Gasteiger partial charge in [0.2, 0.25) is 6.79 Å². The summed E-state index contributed by atoms with van der Waals surface area (Å²) in [6, 6.07) is 6.29. The monoisotopic (exact) mass is 249 g/mol. The molecule has 0 aromatic heterocycles. The summed E-state index contributed by atoms with van der Waals surface area (Å²) in [5.74, 6) is 1.67. The molecule has 98 valence electrons. The van der Waals surface area contributed by atoms with Crippen LogP contribution in [0.15, 0.2) is 18.2 Å². The Kier molecular flexibility index (Phi) is 2.72. The normalized spacial score (nSPS) is 27.9. The largest absolute Gasteiger partial charge is 0.454 e. The highest BCUT2D eigenvalue weighted by atomic mass is 16.7. The van der Waals surface area contributed by atoms with Gasteiger partial charge in [-0.1, -0.05) is 26.0 Å². The molecule has 4 nitrogen and oxygen atoms in total. The van der Waals surface area contributed by atoms with Gasteiger partial charge in [0.15, 0.2) is 11.5 Å². The van der Waals surface area contributed by atoms with Crippen LogP contribution in [0.1, 0.15) is 25.8 Å². The van der Waals surface area contributed by atoms with Crippen LogP contribution in [0.5, 0.6) is 11.5 Å². The quantitative estimate of drug-likeness (QED) is 0.855. The third-order valence-corrected chi connectivity index (χ3v) is 4.23. The van der Waals surface area contributed by atoms with Crippen LogP contribution >= 0.6 is 0 Å². The summed E-state index contributed by atoms with van der Waals surface area (Å²) >= 11 is 0. The number of hydrogen-bond acceptors (Lipinski definition) is 4. The molecule has 2 unspecified atom stereocenters. The molecule has 1 heterocycles. The molecule has 0 spiro atoms. The first-order chi connectivity index (χ1) is 8.59. The van der Waals surface area contributed by atoms with Crippen molar-refractivity contribution in [3.63, 3.8) is 0 Å². The van der Waals surface area contributed by atoms with Gasteiger partial charge in [-0.25, -0.2) is 0 Å². The Morgan fingerprint density at radius 3 is 2.94 bits per heavy atom. The van der Waals surface area contributed by atoms with Crippen LogP contribution in [-0.2, 0) is 6.54 Å². The summed E-state index contributed by atoms with van der Waals surface area (Å²) in [5, 5.41) is 13.2. The second-order valence-electron chi connectivity index (χ2n) is 5.66. The maximum atomic E-state index is 9.71. The van der Waals surface area contributed by atoms with Gasteiger partial charge in [-0.2, -0.15) is 0 Å². The van der Waals surface area contributed by atoms with E-state index < -0.39 is 0 Å². The fourth-order valence-electron chi connectivity index (χ4n) is 2.61. The van der Waals surface area contributed by atoms with Crippen LogP contribution in [0.3, 0.4) is 0 Å². The molecule has 0 bridgehead atoms. The first-order valence-corrected chi connectivity index (χ1v) is 6.38. The van der Waals surface area contributed by atoms with Gasteiger partial charge in [0, 0.05) is 23.6 Å². The first kappa shape index (κ1) is 11.8. The van der Waals surface area contributed by atoms with E-state index >= 15 is 0 Å². The molecule has 1 saturated carbocycles. The molecule has 18 heavy (non-hydrogen) atoms. The van der Waals surface area contributed by atoms with Crippen molar-refractivity contribution in [2.75, 3.05) is 6.79 Å².